The van der Waals surface area contributed by atoms with E-state index in [1.807, 2.05) is 13.8 Å². The summed E-state index contributed by atoms with van der Waals surface area (Å²) >= 11 is 5.97. The van der Waals surface area contributed by atoms with E-state index in [1.165, 1.54) is 0 Å². The predicted molar refractivity (Wildman–Crippen MR) is 79.7 cm³/mol. The summed E-state index contributed by atoms with van der Waals surface area (Å²) in [4.78, 5) is 12.1. The molecule has 0 bridgehead atoms. The number of hydrogen-bond acceptors (Lipinski definition) is 7. The molecular formula is C13H16ClN5O2. The Balaban J connectivity index is 2.23. The Morgan fingerprint density at radius 2 is 2.00 bits per heavy atom. The van der Waals surface area contributed by atoms with Crippen LogP contribution in [0.2, 0.25) is 5.02 Å². The van der Waals surface area contributed by atoms with Crippen LogP contribution in [-0.4, -0.2) is 21.6 Å². The number of halogens is 1. The van der Waals surface area contributed by atoms with Crippen molar-refractivity contribution in [1.29, 1.82) is 0 Å². The molecule has 112 valence electrons. The second kappa shape index (κ2) is 7.05. The molecule has 2 aromatic rings. The van der Waals surface area contributed by atoms with Gasteiger partial charge in [-0.1, -0.05) is 18.5 Å². The van der Waals surface area contributed by atoms with Crippen LogP contribution in [0.15, 0.2) is 18.2 Å². The highest BCUT2D eigenvalue weighted by molar-refractivity contribution is 6.31. The Morgan fingerprint density at radius 1 is 1.24 bits per heavy atom. The molecule has 7 nitrogen and oxygen atoms in total. The number of hydrogen-bond donors (Lipinski definition) is 2. The maximum Gasteiger partial charge on any atom is 0.330 e. The Morgan fingerprint density at radius 3 is 2.67 bits per heavy atom. The number of nitrogen functional groups attached to an aromatic ring is 1. The molecule has 0 radical (unpaired) electrons. The monoisotopic (exact) mass is 309 g/mol. The maximum absolute atomic E-state index is 5.97. The normalized spacial score (nSPS) is 10.3. The van der Waals surface area contributed by atoms with Crippen molar-refractivity contribution in [2.75, 3.05) is 12.0 Å². The Hall–Kier alpha value is -2.12. The lowest BCUT2D eigenvalue weighted by Gasteiger charge is -2.09. The lowest BCUT2D eigenvalue weighted by atomic mass is 10.2. The maximum atomic E-state index is 5.97. The summed E-state index contributed by atoms with van der Waals surface area (Å²) in [6.45, 7) is 4.36. The number of anilines is 1. The smallest absolute Gasteiger partial charge is 0.330 e. The van der Waals surface area contributed by atoms with Gasteiger partial charge in [0, 0.05) is 5.02 Å². The van der Waals surface area contributed by atoms with Gasteiger partial charge >= 0.3 is 12.0 Å². The molecule has 0 aliphatic rings. The largest absolute Gasteiger partial charge is 0.463 e. The zero-order valence-electron chi connectivity index (χ0n) is 11.8. The first kappa shape index (κ1) is 15.3. The third-order valence-corrected chi connectivity index (χ3v) is 2.92. The van der Waals surface area contributed by atoms with Crippen LogP contribution in [-0.2, 0) is 0 Å². The lowest BCUT2D eigenvalue weighted by Crippen LogP contribution is -2.13. The van der Waals surface area contributed by atoms with Gasteiger partial charge in [-0.25, -0.2) is 5.84 Å². The van der Waals surface area contributed by atoms with Gasteiger partial charge in [0.05, 0.1) is 6.61 Å². The van der Waals surface area contributed by atoms with Crippen molar-refractivity contribution in [3.8, 4) is 17.8 Å². The van der Waals surface area contributed by atoms with Gasteiger partial charge in [0.15, 0.2) is 0 Å². The van der Waals surface area contributed by atoms with Crippen LogP contribution in [0.1, 0.15) is 18.9 Å². The number of rotatable bonds is 6. The first-order chi connectivity index (χ1) is 10.1. The summed E-state index contributed by atoms with van der Waals surface area (Å²) in [7, 11) is 0. The van der Waals surface area contributed by atoms with Gasteiger partial charge in [-0.05, 0) is 37.1 Å². The highest BCUT2D eigenvalue weighted by Gasteiger charge is 2.09. The third kappa shape index (κ3) is 4.17. The molecule has 0 spiro atoms. The highest BCUT2D eigenvalue weighted by Crippen LogP contribution is 2.25. The fourth-order valence-corrected chi connectivity index (χ4v) is 1.61. The van der Waals surface area contributed by atoms with Crippen LogP contribution in [0, 0.1) is 6.92 Å². The molecule has 2 rings (SSSR count). The fraction of sp³-hybridized carbons (Fsp3) is 0.308. The summed E-state index contributed by atoms with van der Waals surface area (Å²) in [5.74, 6) is 6.05. The van der Waals surface area contributed by atoms with E-state index in [4.69, 9.17) is 26.9 Å². The van der Waals surface area contributed by atoms with Gasteiger partial charge in [-0.3, -0.25) is 5.43 Å². The summed E-state index contributed by atoms with van der Waals surface area (Å²) in [5, 5.41) is 0.661. The zero-order chi connectivity index (χ0) is 15.2. The number of hydrazine groups is 1. The van der Waals surface area contributed by atoms with Crippen molar-refractivity contribution in [1.82, 2.24) is 15.0 Å². The standard InChI is InChI=1S/C13H16ClN5O2/c1-3-6-20-12-16-11(19-15)17-13(18-12)21-9-4-5-10(14)8(2)7-9/h4-5,7H,3,6,15H2,1-2H3,(H,16,17,18,19). The first-order valence-electron chi connectivity index (χ1n) is 6.42. The average Bonchev–Trinajstić information content (AvgIpc) is 2.48. The second-order valence-corrected chi connectivity index (χ2v) is 4.64. The van der Waals surface area contributed by atoms with Gasteiger partial charge in [-0.2, -0.15) is 9.97 Å². The van der Waals surface area contributed by atoms with Crippen molar-refractivity contribution in [3.63, 3.8) is 0 Å². The quantitative estimate of drug-likeness (QED) is 0.625. The van der Waals surface area contributed by atoms with Crippen LogP contribution in [0.25, 0.3) is 0 Å². The molecule has 0 aliphatic heterocycles. The van der Waals surface area contributed by atoms with Gasteiger partial charge in [0.1, 0.15) is 5.75 Å². The number of nitrogens with one attached hydrogen (secondary N) is 1. The van der Waals surface area contributed by atoms with E-state index in [0.29, 0.717) is 17.4 Å². The summed E-state index contributed by atoms with van der Waals surface area (Å²) in [6, 6.07) is 5.49. The molecule has 21 heavy (non-hydrogen) atoms. The van der Waals surface area contributed by atoms with Gasteiger partial charge < -0.3 is 9.47 Å². The van der Waals surface area contributed by atoms with Crippen molar-refractivity contribution < 1.29 is 9.47 Å². The van der Waals surface area contributed by atoms with Crippen LogP contribution >= 0.6 is 11.6 Å². The zero-order valence-corrected chi connectivity index (χ0v) is 12.5. The van der Waals surface area contributed by atoms with Crippen molar-refractivity contribution >= 4 is 17.5 Å². The van der Waals surface area contributed by atoms with E-state index in [1.54, 1.807) is 18.2 Å². The minimum Gasteiger partial charge on any atom is -0.463 e. The lowest BCUT2D eigenvalue weighted by molar-refractivity contribution is 0.285. The molecule has 0 aliphatic carbocycles. The molecule has 0 saturated heterocycles. The van der Waals surface area contributed by atoms with Gasteiger partial charge in [-0.15, -0.1) is 4.98 Å². The molecule has 0 atom stereocenters. The molecule has 1 aromatic heterocycles. The summed E-state index contributed by atoms with van der Waals surface area (Å²) in [5.41, 5.74) is 3.24. The summed E-state index contributed by atoms with van der Waals surface area (Å²) < 4.78 is 10.9. The van der Waals surface area contributed by atoms with Gasteiger partial charge in [0.25, 0.3) is 0 Å². The first-order valence-corrected chi connectivity index (χ1v) is 6.79. The van der Waals surface area contributed by atoms with E-state index >= 15 is 0 Å². The number of aryl methyl sites for hydroxylation is 1. The molecule has 1 aromatic carbocycles. The van der Waals surface area contributed by atoms with E-state index in [0.717, 1.165) is 12.0 Å². The predicted octanol–water partition coefficient (Wildman–Crippen LogP) is 2.70. The van der Waals surface area contributed by atoms with Crippen molar-refractivity contribution in [2.24, 2.45) is 5.84 Å². The highest BCUT2D eigenvalue weighted by atomic mass is 35.5. The molecule has 1 heterocycles. The number of benzene rings is 1. The second-order valence-electron chi connectivity index (χ2n) is 4.23. The number of aromatic nitrogens is 3. The molecule has 8 heteroatoms. The Labute approximate surface area is 127 Å². The van der Waals surface area contributed by atoms with Crippen molar-refractivity contribution in [3.05, 3.63) is 28.8 Å². The molecule has 3 N–H and O–H groups in total. The van der Waals surface area contributed by atoms with E-state index in [-0.39, 0.29) is 18.0 Å². The Kier molecular flexibility index (Phi) is 5.13. The SMILES string of the molecule is CCCOc1nc(NN)nc(Oc2ccc(Cl)c(C)c2)n1. The molecule has 0 fully saturated rings. The van der Waals surface area contributed by atoms with Crippen LogP contribution in [0.3, 0.4) is 0 Å². The van der Waals surface area contributed by atoms with E-state index in [9.17, 15) is 0 Å². The molecule has 0 unspecified atom stereocenters. The van der Waals surface area contributed by atoms with Crippen LogP contribution in [0.5, 0.6) is 17.8 Å². The summed E-state index contributed by atoms with van der Waals surface area (Å²) in [6.07, 6.45) is 0.837. The van der Waals surface area contributed by atoms with Crippen molar-refractivity contribution in [2.45, 2.75) is 20.3 Å². The Bertz CT molecular complexity index is 624. The number of nitrogens with two attached hydrogens (primary N) is 1. The molecule has 0 amide bonds. The minimum atomic E-state index is 0.0887. The number of ether oxygens (including phenoxy) is 2. The van der Waals surface area contributed by atoms with Gasteiger partial charge in [0.2, 0.25) is 5.95 Å². The minimum absolute atomic E-state index is 0.0887. The molecular weight excluding hydrogens is 294 g/mol. The topological polar surface area (TPSA) is 95.2 Å². The van der Waals surface area contributed by atoms with E-state index in [2.05, 4.69) is 20.4 Å². The van der Waals surface area contributed by atoms with Crippen LogP contribution in [0.4, 0.5) is 5.95 Å². The van der Waals surface area contributed by atoms with Crippen LogP contribution < -0.4 is 20.7 Å². The third-order valence-electron chi connectivity index (χ3n) is 2.50. The fourth-order valence-electron chi connectivity index (χ4n) is 1.49. The molecule has 0 saturated carbocycles. The number of nitrogens with zero attached hydrogens (tertiary/aromatic N) is 3. The average molecular weight is 310 g/mol. The van der Waals surface area contributed by atoms with E-state index < -0.39 is 0 Å².